The van der Waals surface area contributed by atoms with Gasteiger partial charge in [0.25, 0.3) is 0 Å². The molecule has 1 unspecified atom stereocenters. The highest BCUT2D eigenvalue weighted by molar-refractivity contribution is 7.40. The van der Waals surface area contributed by atoms with E-state index in [4.69, 9.17) is 0 Å². The van der Waals surface area contributed by atoms with Crippen LogP contribution in [0.3, 0.4) is 0 Å². The molecule has 0 aromatic heterocycles. The average molecular weight is 144 g/mol. The molecule has 1 atom stereocenters. The fourth-order valence-corrected chi connectivity index (χ4v) is 2.71. The topological polar surface area (TPSA) is 0 Å². The molecule has 0 aromatic rings. The SMILES string of the molecule is CCCPC1(CC)CC1. The summed E-state index contributed by atoms with van der Waals surface area (Å²) in [5, 5.41) is 0.871. The summed E-state index contributed by atoms with van der Waals surface area (Å²) in [5.41, 5.74) is 0. The maximum absolute atomic E-state index is 2.34. The van der Waals surface area contributed by atoms with Crippen molar-refractivity contribution < 1.29 is 0 Å². The number of rotatable bonds is 4. The van der Waals surface area contributed by atoms with Crippen LogP contribution in [-0.4, -0.2) is 11.3 Å². The largest absolute Gasteiger partial charge is 0.116 e. The highest BCUT2D eigenvalue weighted by atomic mass is 31.1. The van der Waals surface area contributed by atoms with Crippen molar-refractivity contribution in [1.29, 1.82) is 0 Å². The second kappa shape index (κ2) is 3.01. The number of hydrogen-bond donors (Lipinski definition) is 0. The van der Waals surface area contributed by atoms with Gasteiger partial charge in [0.2, 0.25) is 0 Å². The molecule has 9 heavy (non-hydrogen) atoms. The maximum Gasteiger partial charge on any atom is -0.0124 e. The van der Waals surface area contributed by atoms with Gasteiger partial charge in [0.05, 0.1) is 0 Å². The third-order valence-corrected chi connectivity index (χ3v) is 4.63. The highest BCUT2D eigenvalue weighted by Gasteiger charge is 2.39. The van der Waals surface area contributed by atoms with Crippen molar-refractivity contribution in [3.8, 4) is 0 Å². The molecule has 0 amide bonds. The fraction of sp³-hybridized carbons (Fsp3) is 1.00. The van der Waals surface area contributed by atoms with Crippen LogP contribution < -0.4 is 0 Å². The Bertz CT molecular complexity index is 84.6. The van der Waals surface area contributed by atoms with Gasteiger partial charge in [-0.05, 0) is 30.6 Å². The van der Waals surface area contributed by atoms with Crippen LogP contribution in [0.2, 0.25) is 0 Å². The van der Waals surface area contributed by atoms with E-state index < -0.39 is 0 Å². The Hall–Kier alpha value is 0.430. The summed E-state index contributed by atoms with van der Waals surface area (Å²) in [5.74, 6) is 0. The lowest BCUT2D eigenvalue weighted by Gasteiger charge is -2.09. The van der Waals surface area contributed by atoms with Gasteiger partial charge in [-0.25, -0.2) is 0 Å². The molecule has 1 fully saturated rings. The smallest absolute Gasteiger partial charge is 0.0124 e. The summed E-state index contributed by atoms with van der Waals surface area (Å²) in [6.45, 7) is 4.63. The van der Waals surface area contributed by atoms with Crippen LogP contribution in [0.15, 0.2) is 0 Å². The van der Waals surface area contributed by atoms with Crippen molar-refractivity contribution in [3.63, 3.8) is 0 Å². The van der Waals surface area contributed by atoms with E-state index in [2.05, 4.69) is 13.8 Å². The Morgan fingerprint density at radius 1 is 1.33 bits per heavy atom. The lowest BCUT2D eigenvalue weighted by Crippen LogP contribution is -1.97. The second-order valence-electron chi connectivity index (χ2n) is 3.06. The summed E-state index contributed by atoms with van der Waals surface area (Å²) in [7, 11) is 1.27. The molecule has 0 bridgehead atoms. The Labute approximate surface area is 60.2 Å². The van der Waals surface area contributed by atoms with E-state index >= 15 is 0 Å². The molecule has 0 saturated heterocycles. The van der Waals surface area contributed by atoms with Crippen LogP contribution in [0.5, 0.6) is 0 Å². The lowest BCUT2D eigenvalue weighted by atomic mass is 10.3. The van der Waals surface area contributed by atoms with Gasteiger partial charge in [-0.2, -0.15) is 0 Å². The van der Waals surface area contributed by atoms with Crippen LogP contribution in [0.4, 0.5) is 0 Å². The second-order valence-corrected chi connectivity index (χ2v) is 4.97. The van der Waals surface area contributed by atoms with Gasteiger partial charge >= 0.3 is 0 Å². The third-order valence-electron chi connectivity index (χ3n) is 2.28. The van der Waals surface area contributed by atoms with Crippen LogP contribution >= 0.6 is 8.58 Å². The van der Waals surface area contributed by atoms with Gasteiger partial charge in [-0.3, -0.25) is 0 Å². The van der Waals surface area contributed by atoms with Crippen LogP contribution in [-0.2, 0) is 0 Å². The van der Waals surface area contributed by atoms with Crippen LogP contribution in [0.1, 0.15) is 39.5 Å². The van der Waals surface area contributed by atoms with Gasteiger partial charge in [-0.1, -0.05) is 20.3 Å². The first-order chi connectivity index (χ1) is 4.33. The van der Waals surface area contributed by atoms with Crippen molar-refractivity contribution in [3.05, 3.63) is 0 Å². The fourth-order valence-electron chi connectivity index (χ4n) is 1.20. The van der Waals surface area contributed by atoms with Gasteiger partial charge in [0, 0.05) is 0 Å². The molecule has 1 saturated carbocycles. The maximum atomic E-state index is 2.34. The van der Waals surface area contributed by atoms with E-state index in [0.29, 0.717) is 0 Å². The normalized spacial score (nSPS) is 23.3. The molecule has 1 aliphatic rings. The van der Waals surface area contributed by atoms with Gasteiger partial charge in [0.1, 0.15) is 0 Å². The molecule has 0 nitrogen and oxygen atoms in total. The first kappa shape index (κ1) is 7.54. The summed E-state index contributed by atoms with van der Waals surface area (Å²) >= 11 is 0. The van der Waals surface area contributed by atoms with Gasteiger partial charge in [0.15, 0.2) is 0 Å². The molecular weight excluding hydrogens is 127 g/mol. The zero-order valence-corrected chi connectivity index (χ0v) is 7.54. The van der Waals surface area contributed by atoms with Crippen molar-refractivity contribution in [2.45, 2.75) is 44.7 Å². The van der Waals surface area contributed by atoms with Crippen LogP contribution in [0.25, 0.3) is 0 Å². The molecule has 0 spiro atoms. The standard InChI is InChI=1S/C8H17P/c1-3-7-9-8(4-2)5-6-8/h9H,3-7H2,1-2H3. The summed E-state index contributed by atoms with van der Waals surface area (Å²) in [6, 6.07) is 0. The quantitative estimate of drug-likeness (QED) is 0.532. The van der Waals surface area contributed by atoms with Crippen molar-refractivity contribution in [2.75, 3.05) is 6.16 Å². The Kier molecular flexibility index (Phi) is 2.52. The van der Waals surface area contributed by atoms with E-state index in [1.165, 1.54) is 40.4 Å². The minimum Gasteiger partial charge on any atom is -0.116 e. The number of hydrogen-bond acceptors (Lipinski definition) is 0. The molecule has 0 aromatic carbocycles. The average Bonchev–Trinajstić information content (AvgIpc) is 2.65. The Balaban J connectivity index is 2.10. The zero-order chi connectivity index (χ0) is 6.74. The first-order valence-electron chi connectivity index (χ1n) is 4.08. The Morgan fingerprint density at radius 3 is 2.33 bits per heavy atom. The first-order valence-corrected chi connectivity index (χ1v) is 5.29. The predicted molar refractivity (Wildman–Crippen MR) is 45.7 cm³/mol. The van der Waals surface area contributed by atoms with Crippen molar-refractivity contribution in [2.24, 2.45) is 0 Å². The van der Waals surface area contributed by atoms with Gasteiger partial charge < -0.3 is 0 Å². The molecule has 0 heterocycles. The van der Waals surface area contributed by atoms with E-state index in [9.17, 15) is 0 Å². The molecule has 0 aliphatic heterocycles. The van der Waals surface area contributed by atoms with Gasteiger partial charge in [-0.15, -0.1) is 8.58 Å². The molecule has 1 rings (SSSR count). The van der Waals surface area contributed by atoms with E-state index in [-0.39, 0.29) is 0 Å². The summed E-state index contributed by atoms with van der Waals surface area (Å²) in [6.07, 6.45) is 7.36. The van der Waals surface area contributed by atoms with E-state index in [1.54, 1.807) is 0 Å². The minimum absolute atomic E-state index is 0.871. The molecule has 0 N–H and O–H groups in total. The zero-order valence-electron chi connectivity index (χ0n) is 6.54. The van der Waals surface area contributed by atoms with Crippen molar-refractivity contribution in [1.82, 2.24) is 0 Å². The lowest BCUT2D eigenvalue weighted by molar-refractivity contribution is 0.841. The molecule has 54 valence electrons. The third kappa shape index (κ3) is 1.93. The van der Waals surface area contributed by atoms with E-state index in [0.717, 1.165) is 5.16 Å². The van der Waals surface area contributed by atoms with Crippen molar-refractivity contribution >= 4 is 8.58 Å². The predicted octanol–water partition coefficient (Wildman–Crippen LogP) is 3.02. The molecule has 1 heteroatoms. The summed E-state index contributed by atoms with van der Waals surface area (Å²) in [4.78, 5) is 0. The Morgan fingerprint density at radius 2 is 2.00 bits per heavy atom. The molecule has 1 aliphatic carbocycles. The van der Waals surface area contributed by atoms with E-state index in [1.807, 2.05) is 0 Å². The summed E-state index contributed by atoms with van der Waals surface area (Å²) < 4.78 is 0. The molecular formula is C8H17P. The monoisotopic (exact) mass is 144 g/mol. The minimum atomic E-state index is 0.871. The molecule has 0 radical (unpaired) electrons. The van der Waals surface area contributed by atoms with Crippen LogP contribution in [0, 0.1) is 0 Å². The highest BCUT2D eigenvalue weighted by Crippen LogP contribution is 2.54.